The van der Waals surface area contributed by atoms with E-state index in [9.17, 15) is 19.8 Å². The molecule has 3 N–H and O–H groups in total. The number of ether oxygens (including phenoxy) is 3. The molecule has 0 radical (unpaired) electrons. The van der Waals surface area contributed by atoms with Crippen LogP contribution in [0.5, 0.6) is 5.75 Å². The number of aromatic hydroxyl groups is 1. The van der Waals surface area contributed by atoms with E-state index in [1.807, 2.05) is 60.7 Å². The normalized spacial score (nSPS) is 19.7. The van der Waals surface area contributed by atoms with Crippen LogP contribution in [-0.2, 0) is 37.0 Å². The molecule has 3 aromatic carbocycles. The lowest BCUT2D eigenvalue weighted by molar-refractivity contribution is -0.245. The molecule has 4 rings (SSSR count). The highest BCUT2D eigenvalue weighted by Gasteiger charge is 2.32. The van der Waals surface area contributed by atoms with Crippen molar-refractivity contribution in [3.8, 4) is 5.75 Å². The van der Waals surface area contributed by atoms with Crippen LogP contribution in [0.4, 0.5) is 0 Å². The zero-order chi connectivity index (χ0) is 27.8. The first-order valence-electron chi connectivity index (χ1n) is 12.8. The number of carbonyl (C=O) groups is 2. The third kappa shape index (κ3) is 8.31. The van der Waals surface area contributed by atoms with Gasteiger partial charge < -0.3 is 29.7 Å². The van der Waals surface area contributed by atoms with Gasteiger partial charge in [0.1, 0.15) is 5.75 Å². The predicted molar refractivity (Wildman–Crippen MR) is 147 cm³/mol. The molecule has 4 atom stereocenters. The molecule has 0 aromatic heterocycles. The zero-order valence-electron chi connectivity index (χ0n) is 21.9. The Labute approximate surface area is 232 Å². The fourth-order valence-corrected chi connectivity index (χ4v) is 5.10. The van der Waals surface area contributed by atoms with Gasteiger partial charge in [-0.3, -0.25) is 9.59 Å². The fraction of sp³-hybridized carbons (Fsp3) is 0.333. The highest BCUT2D eigenvalue weighted by atomic mass is 32.2. The summed E-state index contributed by atoms with van der Waals surface area (Å²) in [6, 6.07) is 22.5. The van der Waals surface area contributed by atoms with Gasteiger partial charge in [-0.1, -0.05) is 48.5 Å². The van der Waals surface area contributed by atoms with Crippen LogP contribution < -0.4 is 5.32 Å². The van der Waals surface area contributed by atoms with Crippen LogP contribution in [-0.4, -0.2) is 40.1 Å². The van der Waals surface area contributed by atoms with Gasteiger partial charge in [0, 0.05) is 36.1 Å². The van der Waals surface area contributed by atoms with E-state index in [4.69, 9.17) is 14.2 Å². The van der Waals surface area contributed by atoms with Gasteiger partial charge in [0.25, 0.3) is 5.91 Å². The lowest BCUT2D eigenvalue weighted by Crippen LogP contribution is -2.35. The first kappa shape index (κ1) is 28.6. The smallest absolute Gasteiger partial charge is 0.303 e. The molecule has 1 aliphatic heterocycles. The SMILES string of the molecule is CC(=O)O[C@@H](C)C(=O)NCc1ccc(C2O[C@H](CSc3ccc(O)cc3)C[C@H](c3ccc(CO)cc3)O2)cc1. The van der Waals surface area contributed by atoms with Gasteiger partial charge in [0.15, 0.2) is 12.4 Å². The van der Waals surface area contributed by atoms with E-state index < -0.39 is 18.4 Å². The molecule has 39 heavy (non-hydrogen) atoms. The molecule has 0 bridgehead atoms. The maximum Gasteiger partial charge on any atom is 0.303 e. The minimum atomic E-state index is -0.856. The number of esters is 1. The molecule has 1 amide bonds. The minimum Gasteiger partial charge on any atom is -0.508 e. The van der Waals surface area contributed by atoms with Crippen LogP contribution in [0.1, 0.15) is 54.9 Å². The van der Waals surface area contributed by atoms with Gasteiger partial charge in [0.2, 0.25) is 0 Å². The number of hydrogen-bond donors (Lipinski definition) is 3. The van der Waals surface area contributed by atoms with E-state index in [2.05, 4.69) is 5.32 Å². The maximum absolute atomic E-state index is 12.1. The summed E-state index contributed by atoms with van der Waals surface area (Å²) in [7, 11) is 0. The Morgan fingerprint density at radius 3 is 2.26 bits per heavy atom. The number of aliphatic hydroxyl groups is 1. The summed E-state index contributed by atoms with van der Waals surface area (Å²) in [6.45, 7) is 3.08. The number of carbonyl (C=O) groups excluding carboxylic acids is 2. The van der Waals surface area contributed by atoms with Gasteiger partial charge in [-0.15, -0.1) is 11.8 Å². The van der Waals surface area contributed by atoms with Crippen molar-refractivity contribution in [1.29, 1.82) is 0 Å². The van der Waals surface area contributed by atoms with Gasteiger partial charge in [0.05, 0.1) is 18.8 Å². The first-order chi connectivity index (χ1) is 18.8. The van der Waals surface area contributed by atoms with Crippen molar-refractivity contribution < 1.29 is 34.0 Å². The number of amides is 1. The number of nitrogens with one attached hydrogen (secondary N) is 1. The van der Waals surface area contributed by atoms with Crippen LogP contribution in [0.2, 0.25) is 0 Å². The fourth-order valence-electron chi connectivity index (χ4n) is 4.18. The number of phenolic OH excluding ortho intramolecular Hbond substituents is 1. The molecule has 0 saturated carbocycles. The summed E-state index contributed by atoms with van der Waals surface area (Å²) in [5, 5.41) is 21.7. The van der Waals surface area contributed by atoms with Gasteiger partial charge in [-0.25, -0.2) is 0 Å². The van der Waals surface area contributed by atoms with Crippen molar-refractivity contribution >= 4 is 23.6 Å². The lowest BCUT2D eigenvalue weighted by Gasteiger charge is -2.36. The summed E-state index contributed by atoms with van der Waals surface area (Å²) in [5.74, 6) is 0.0738. The largest absolute Gasteiger partial charge is 0.508 e. The number of rotatable bonds is 10. The Hall–Kier alpha value is -3.37. The molecule has 3 aromatic rings. The minimum absolute atomic E-state index is 0.0150. The molecule has 1 saturated heterocycles. The van der Waals surface area contributed by atoms with Crippen LogP contribution in [0.15, 0.2) is 77.7 Å². The van der Waals surface area contributed by atoms with Crippen LogP contribution in [0.25, 0.3) is 0 Å². The van der Waals surface area contributed by atoms with E-state index in [-0.39, 0.29) is 30.5 Å². The van der Waals surface area contributed by atoms with E-state index >= 15 is 0 Å². The van der Waals surface area contributed by atoms with Crippen LogP contribution >= 0.6 is 11.8 Å². The van der Waals surface area contributed by atoms with Crippen LogP contribution in [0, 0.1) is 0 Å². The highest BCUT2D eigenvalue weighted by Crippen LogP contribution is 2.39. The Balaban J connectivity index is 1.43. The maximum atomic E-state index is 12.1. The van der Waals surface area contributed by atoms with Crippen molar-refractivity contribution in [3.05, 3.63) is 95.1 Å². The molecule has 1 fully saturated rings. The Bertz CT molecular complexity index is 1230. The van der Waals surface area contributed by atoms with Gasteiger partial charge in [-0.05, 0) is 47.9 Å². The molecule has 1 unspecified atom stereocenters. The second-order valence-electron chi connectivity index (χ2n) is 9.37. The van der Waals surface area contributed by atoms with E-state index in [0.717, 1.165) is 27.1 Å². The van der Waals surface area contributed by atoms with E-state index in [1.54, 1.807) is 23.9 Å². The van der Waals surface area contributed by atoms with Gasteiger partial charge >= 0.3 is 5.97 Å². The van der Waals surface area contributed by atoms with Crippen molar-refractivity contribution in [3.63, 3.8) is 0 Å². The van der Waals surface area contributed by atoms with Crippen molar-refractivity contribution in [1.82, 2.24) is 5.32 Å². The third-order valence-corrected chi connectivity index (χ3v) is 7.46. The van der Waals surface area contributed by atoms with E-state index in [1.165, 1.54) is 13.8 Å². The molecule has 1 aliphatic rings. The topological polar surface area (TPSA) is 114 Å². The summed E-state index contributed by atoms with van der Waals surface area (Å²) < 4.78 is 17.7. The zero-order valence-corrected chi connectivity index (χ0v) is 22.7. The average Bonchev–Trinajstić information content (AvgIpc) is 2.95. The second kappa shape index (κ2) is 13.6. The molecule has 8 nitrogen and oxygen atoms in total. The number of phenols is 1. The molecule has 9 heteroatoms. The van der Waals surface area contributed by atoms with Crippen molar-refractivity contribution in [2.75, 3.05) is 5.75 Å². The predicted octanol–water partition coefficient (Wildman–Crippen LogP) is 4.79. The molecule has 206 valence electrons. The third-order valence-electron chi connectivity index (χ3n) is 6.32. The number of thioether (sulfide) groups is 1. The summed E-state index contributed by atoms with van der Waals surface area (Å²) in [5.41, 5.74) is 3.59. The van der Waals surface area contributed by atoms with Gasteiger partial charge in [-0.2, -0.15) is 0 Å². The molecule has 0 spiro atoms. The Morgan fingerprint density at radius 2 is 1.62 bits per heavy atom. The summed E-state index contributed by atoms with van der Waals surface area (Å²) in [4.78, 5) is 24.2. The quantitative estimate of drug-likeness (QED) is 0.243. The Morgan fingerprint density at radius 1 is 0.974 bits per heavy atom. The summed E-state index contributed by atoms with van der Waals surface area (Å²) in [6.07, 6.45) is -1.05. The van der Waals surface area contributed by atoms with Crippen LogP contribution in [0.3, 0.4) is 0 Å². The lowest BCUT2D eigenvalue weighted by atomic mass is 10.0. The molecule has 0 aliphatic carbocycles. The summed E-state index contributed by atoms with van der Waals surface area (Å²) >= 11 is 1.66. The number of aliphatic hydroxyl groups excluding tert-OH is 1. The second-order valence-corrected chi connectivity index (χ2v) is 10.5. The van der Waals surface area contributed by atoms with Crippen molar-refractivity contribution in [2.45, 2.75) is 62.9 Å². The van der Waals surface area contributed by atoms with E-state index in [0.29, 0.717) is 18.7 Å². The monoisotopic (exact) mass is 551 g/mol. The molecular weight excluding hydrogens is 518 g/mol. The number of benzene rings is 3. The standard InChI is InChI=1S/C30H33NO7S/c1-19(36-20(2)33)29(35)31-16-21-3-9-24(10-4-21)30-37-26(18-39-27-13-11-25(34)12-14-27)15-28(38-30)23-7-5-22(17-32)6-8-23/h3-14,19,26,28,30,32,34H,15-18H2,1-2H3,(H,31,35)/t19-,26-,28+,30?/m0/s1. The number of hydrogen-bond acceptors (Lipinski definition) is 8. The average molecular weight is 552 g/mol. The first-order valence-corrected chi connectivity index (χ1v) is 13.8. The molecule has 1 heterocycles. The van der Waals surface area contributed by atoms with Crippen molar-refractivity contribution in [2.24, 2.45) is 0 Å². The molecular formula is C30H33NO7S. The highest BCUT2D eigenvalue weighted by molar-refractivity contribution is 7.99. The Kier molecular flexibility index (Phi) is 10.00.